The number of hydrogen-bond acceptors (Lipinski definition) is 2. The standard InChI is InChI=1S/C7H13NO/c1-9-7-3-2-6(7)4-8-5-7/h6,8H,2-5H2,1H3/t6-,7-/m0/s1. The highest BCUT2D eigenvalue weighted by Gasteiger charge is 2.50. The van der Waals surface area contributed by atoms with Crippen LogP contribution in [0.4, 0.5) is 0 Å². The summed E-state index contributed by atoms with van der Waals surface area (Å²) < 4.78 is 5.44. The molecule has 2 heteroatoms. The normalized spacial score (nSPS) is 48.3. The fourth-order valence-electron chi connectivity index (χ4n) is 1.99. The molecule has 0 aromatic carbocycles. The summed E-state index contributed by atoms with van der Waals surface area (Å²) in [6.45, 7) is 2.25. The first-order valence-electron chi connectivity index (χ1n) is 3.63. The summed E-state index contributed by atoms with van der Waals surface area (Å²) in [5.74, 6) is 0.822. The van der Waals surface area contributed by atoms with Crippen LogP contribution in [0.25, 0.3) is 0 Å². The van der Waals surface area contributed by atoms with Gasteiger partial charge in [-0.15, -0.1) is 0 Å². The Balaban J connectivity index is 2.10. The molecule has 0 amide bonds. The third-order valence-electron chi connectivity index (χ3n) is 2.88. The van der Waals surface area contributed by atoms with E-state index in [-0.39, 0.29) is 5.60 Å². The molecule has 0 aromatic heterocycles. The van der Waals surface area contributed by atoms with Crippen molar-refractivity contribution < 1.29 is 4.74 Å². The summed E-state index contributed by atoms with van der Waals surface area (Å²) >= 11 is 0. The number of fused-ring (bicyclic) bond motifs is 1. The minimum atomic E-state index is 0.264. The van der Waals surface area contributed by atoms with E-state index < -0.39 is 0 Å². The smallest absolute Gasteiger partial charge is 0.0842 e. The van der Waals surface area contributed by atoms with E-state index in [1.54, 1.807) is 0 Å². The fraction of sp³-hybridized carbons (Fsp3) is 1.00. The molecular weight excluding hydrogens is 114 g/mol. The zero-order chi connectivity index (χ0) is 6.32. The second kappa shape index (κ2) is 1.70. The van der Waals surface area contributed by atoms with Crippen LogP contribution in [-0.2, 0) is 4.74 Å². The predicted molar refractivity (Wildman–Crippen MR) is 35.3 cm³/mol. The molecule has 52 valence electrons. The number of methoxy groups -OCH3 is 1. The van der Waals surface area contributed by atoms with Gasteiger partial charge in [0.2, 0.25) is 0 Å². The van der Waals surface area contributed by atoms with Crippen LogP contribution in [0.15, 0.2) is 0 Å². The molecule has 1 saturated heterocycles. The Kier molecular flexibility index (Phi) is 1.08. The van der Waals surface area contributed by atoms with Crippen LogP contribution in [0.5, 0.6) is 0 Å². The zero-order valence-corrected chi connectivity index (χ0v) is 5.81. The summed E-state index contributed by atoms with van der Waals surface area (Å²) in [6, 6.07) is 0. The van der Waals surface area contributed by atoms with Crippen molar-refractivity contribution in [2.75, 3.05) is 20.2 Å². The molecule has 1 aliphatic heterocycles. The minimum absolute atomic E-state index is 0.264. The Bertz CT molecular complexity index is 122. The molecule has 0 spiro atoms. The Morgan fingerprint density at radius 1 is 1.67 bits per heavy atom. The van der Waals surface area contributed by atoms with Gasteiger partial charge in [0.1, 0.15) is 0 Å². The summed E-state index contributed by atoms with van der Waals surface area (Å²) in [4.78, 5) is 0. The highest BCUT2D eigenvalue weighted by atomic mass is 16.5. The van der Waals surface area contributed by atoms with Gasteiger partial charge >= 0.3 is 0 Å². The van der Waals surface area contributed by atoms with Gasteiger partial charge in [0.25, 0.3) is 0 Å². The van der Waals surface area contributed by atoms with Crippen molar-refractivity contribution in [3.05, 3.63) is 0 Å². The third-order valence-corrected chi connectivity index (χ3v) is 2.88. The Morgan fingerprint density at radius 2 is 2.56 bits per heavy atom. The van der Waals surface area contributed by atoms with Crippen molar-refractivity contribution in [2.24, 2.45) is 5.92 Å². The van der Waals surface area contributed by atoms with E-state index >= 15 is 0 Å². The van der Waals surface area contributed by atoms with Crippen molar-refractivity contribution >= 4 is 0 Å². The van der Waals surface area contributed by atoms with Crippen molar-refractivity contribution in [1.82, 2.24) is 5.32 Å². The number of hydrogen-bond donors (Lipinski definition) is 1. The lowest BCUT2D eigenvalue weighted by atomic mass is 9.72. The molecule has 1 saturated carbocycles. The quantitative estimate of drug-likeness (QED) is 0.550. The van der Waals surface area contributed by atoms with E-state index in [1.165, 1.54) is 19.4 Å². The van der Waals surface area contributed by atoms with Crippen LogP contribution >= 0.6 is 0 Å². The molecule has 2 fully saturated rings. The Hall–Kier alpha value is -0.0800. The Labute approximate surface area is 55.6 Å². The van der Waals surface area contributed by atoms with Crippen LogP contribution in [0, 0.1) is 5.92 Å². The van der Waals surface area contributed by atoms with Crippen molar-refractivity contribution in [1.29, 1.82) is 0 Å². The molecule has 2 atom stereocenters. The van der Waals surface area contributed by atoms with E-state index in [2.05, 4.69) is 5.32 Å². The summed E-state index contributed by atoms with van der Waals surface area (Å²) in [7, 11) is 1.83. The predicted octanol–water partition coefficient (Wildman–Crippen LogP) is 0.385. The van der Waals surface area contributed by atoms with Gasteiger partial charge < -0.3 is 10.1 Å². The number of ether oxygens (including phenoxy) is 1. The molecule has 2 aliphatic rings. The molecule has 2 nitrogen and oxygen atoms in total. The monoisotopic (exact) mass is 127 g/mol. The number of nitrogens with one attached hydrogen (secondary N) is 1. The van der Waals surface area contributed by atoms with Gasteiger partial charge in [-0.05, 0) is 12.8 Å². The lowest BCUT2D eigenvalue weighted by molar-refractivity contribution is -0.0913. The second-order valence-electron chi connectivity index (χ2n) is 3.14. The van der Waals surface area contributed by atoms with E-state index in [0.29, 0.717) is 0 Å². The molecule has 0 unspecified atom stereocenters. The summed E-state index contributed by atoms with van der Waals surface area (Å²) in [5, 5.41) is 3.35. The van der Waals surface area contributed by atoms with Gasteiger partial charge in [0.15, 0.2) is 0 Å². The molecule has 0 bridgehead atoms. The average molecular weight is 127 g/mol. The largest absolute Gasteiger partial charge is 0.377 e. The first-order chi connectivity index (χ1) is 4.37. The second-order valence-corrected chi connectivity index (χ2v) is 3.14. The van der Waals surface area contributed by atoms with Gasteiger partial charge in [0.05, 0.1) is 5.60 Å². The van der Waals surface area contributed by atoms with E-state index in [1.807, 2.05) is 7.11 Å². The van der Waals surface area contributed by atoms with Gasteiger partial charge in [0, 0.05) is 26.1 Å². The van der Waals surface area contributed by atoms with Crippen molar-refractivity contribution in [3.63, 3.8) is 0 Å². The van der Waals surface area contributed by atoms with Crippen LogP contribution in [-0.4, -0.2) is 25.8 Å². The first-order valence-corrected chi connectivity index (χ1v) is 3.63. The zero-order valence-electron chi connectivity index (χ0n) is 5.81. The molecule has 0 aromatic rings. The highest BCUT2D eigenvalue weighted by Crippen LogP contribution is 2.43. The molecule has 9 heavy (non-hydrogen) atoms. The van der Waals surface area contributed by atoms with Gasteiger partial charge in [-0.2, -0.15) is 0 Å². The maximum absolute atomic E-state index is 5.44. The van der Waals surface area contributed by atoms with E-state index in [0.717, 1.165) is 12.5 Å². The van der Waals surface area contributed by atoms with Gasteiger partial charge in [-0.3, -0.25) is 0 Å². The third kappa shape index (κ3) is 0.578. The first kappa shape index (κ1) is 5.69. The summed E-state index contributed by atoms with van der Waals surface area (Å²) in [6.07, 6.45) is 2.63. The number of rotatable bonds is 1. The molecule has 1 aliphatic carbocycles. The van der Waals surface area contributed by atoms with Crippen molar-refractivity contribution in [2.45, 2.75) is 18.4 Å². The topological polar surface area (TPSA) is 21.3 Å². The summed E-state index contributed by atoms with van der Waals surface area (Å²) in [5.41, 5.74) is 0.264. The van der Waals surface area contributed by atoms with E-state index in [4.69, 9.17) is 4.74 Å². The molecular formula is C7H13NO. The minimum Gasteiger partial charge on any atom is -0.377 e. The lowest BCUT2D eigenvalue weighted by Gasteiger charge is -2.42. The van der Waals surface area contributed by atoms with Gasteiger partial charge in [-0.25, -0.2) is 0 Å². The van der Waals surface area contributed by atoms with Crippen molar-refractivity contribution in [3.8, 4) is 0 Å². The SMILES string of the molecule is CO[C@]12CC[C@H]1CNC2. The maximum atomic E-state index is 5.44. The van der Waals surface area contributed by atoms with Crippen LogP contribution in [0.1, 0.15) is 12.8 Å². The van der Waals surface area contributed by atoms with Gasteiger partial charge in [-0.1, -0.05) is 0 Å². The molecule has 0 radical (unpaired) electrons. The average Bonchev–Trinajstić information content (AvgIpc) is 2.10. The molecule has 2 rings (SSSR count). The maximum Gasteiger partial charge on any atom is 0.0842 e. The van der Waals surface area contributed by atoms with Crippen LogP contribution < -0.4 is 5.32 Å². The molecule has 1 N–H and O–H groups in total. The molecule has 1 heterocycles. The van der Waals surface area contributed by atoms with Crippen LogP contribution in [0.2, 0.25) is 0 Å². The van der Waals surface area contributed by atoms with Crippen LogP contribution in [0.3, 0.4) is 0 Å². The van der Waals surface area contributed by atoms with E-state index in [9.17, 15) is 0 Å². The Morgan fingerprint density at radius 3 is 2.89 bits per heavy atom. The lowest BCUT2D eigenvalue weighted by Crippen LogP contribution is -2.48. The highest BCUT2D eigenvalue weighted by molar-refractivity contribution is 5.04. The fourth-order valence-corrected chi connectivity index (χ4v) is 1.99.